The van der Waals surface area contributed by atoms with Crippen molar-refractivity contribution in [1.82, 2.24) is 25.0 Å². The number of hydrogen-bond donors (Lipinski definition) is 4. The number of aromatic nitrogens is 1. The van der Waals surface area contributed by atoms with Gasteiger partial charge in [-0.1, -0.05) is 17.7 Å². The SMILES string of the molecule is C[C@@H]1CN(CCCC2CCC(N3C(S)N(c4cnc(C#N)c(Cl)c4)C(=O)C3(C)C)CC2)C[C@H](C)N1CC(=O)Nc1cccc(NC2CCC(=O)NC2=O)c1. The second-order valence-electron chi connectivity index (χ2n) is 15.8. The smallest absolute Gasteiger partial charge is 0.249 e. The van der Waals surface area contributed by atoms with Gasteiger partial charge in [0.25, 0.3) is 0 Å². The Morgan fingerprint density at radius 1 is 1.07 bits per heavy atom. The lowest BCUT2D eigenvalue weighted by molar-refractivity contribution is -0.133. The Kier molecular flexibility index (Phi) is 12.5. The van der Waals surface area contributed by atoms with E-state index in [9.17, 15) is 24.4 Å². The molecule has 0 radical (unpaired) electrons. The number of amides is 4. The molecular formula is C39H52ClN9O4S. The normalized spacial score (nSPS) is 28.1. The van der Waals surface area contributed by atoms with Crippen LogP contribution in [-0.4, -0.2) is 105 Å². The van der Waals surface area contributed by atoms with Crippen LogP contribution in [-0.2, 0) is 19.2 Å². The number of imide groups is 1. The second-order valence-corrected chi connectivity index (χ2v) is 16.7. The Bertz CT molecular complexity index is 1770. The molecule has 15 heteroatoms. The van der Waals surface area contributed by atoms with Crippen molar-refractivity contribution < 1.29 is 19.2 Å². The van der Waals surface area contributed by atoms with E-state index in [1.807, 2.05) is 44.2 Å². The maximum absolute atomic E-state index is 13.6. The van der Waals surface area contributed by atoms with Crippen molar-refractivity contribution in [1.29, 1.82) is 5.26 Å². The minimum atomic E-state index is -0.734. The summed E-state index contributed by atoms with van der Waals surface area (Å²) in [5, 5.41) is 18.0. The standard InChI is InChI=1S/C39H52ClN9O4S/c1-24-21-46(22-25(2)47(24)23-35(51)44-28-9-5-8-27(17-28)43-32-14-15-34(50)45-36(32)52)16-6-7-26-10-12-29(13-11-26)49-38(54)48(37(53)39(49,3)4)30-18-31(40)33(19-41)42-20-30/h5,8-9,17-18,20,24-26,29,32,38,43,54H,6-7,10-16,21-23H2,1-4H3,(H,44,51)(H,45,50,52)/t24-,25+,26?,29?,32?,38?. The van der Waals surface area contributed by atoms with Crippen molar-refractivity contribution in [2.24, 2.45) is 5.92 Å². The topological polar surface area (TPSA) is 154 Å². The summed E-state index contributed by atoms with van der Waals surface area (Å²) in [6.45, 7) is 11.4. The zero-order valence-electron chi connectivity index (χ0n) is 31.6. The molecule has 0 spiro atoms. The molecule has 2 aromatic rings. The lowest BCUT2D eigenvalue weighted by atomic mass is 9.81. The zero-order chi connectivity index (χ0) is 38.7. The van der Waals surface area contributed by atoms with E-state index < -0.39 is 17.1 Å². The number of rotatable bonds is 11. The summed E-state index contributed by atoms with van der Waals surface area (Å²) in [6.07, 6.45) is 8.79. The van der Waals surface area contributed by atoms with Gasteiger partial charge in [0, 0.05) is 49.0 Å². The van der Waals surface area contributed by atoms with Gasteiger partial charge in [-0.15, -0.1) is 12.6 Å². The Labute approximate surface area is 328 Å². The number of carbonyl (C=O) groups is 4. The summed E-state index contributed by atoms with van der Waals surface area (Å²) in [4.78, 5) is 63.3. The van der Waals surface area contributed by atoms with Crippen molar-refractivity contribution in [3.63, 3.8) is 0 Å². The minimum absolute atomic E-state index is 0.0530. The Balaban J connectivity index is 0.926. The number of hydrogen-bond acceptors (Lipinski definition) is 11. The summed E-state index contributed by atoms with van der Waals surface area (Å²) in [5.41, 5.74) is 0.857. The van der Waals surface area contributed by atoms with Crippen molar-refractivity contribution in [3.05, 3.63) is 47.2 Å². The van der Waals surface area contributed by atoms with Crippen molar-refractivity contribution in [2.45, 2.75) is 114 Å². The number of carbonyl (C=O) groups excluding carboxylic acids is 4. The third-order valence-corrected chi connectivity index (χ3v) is 12.4. The highest BCUT2D eigenvalue weighted by Crippen LogP contribution is 2.43. The molecule has 4 fully saturated rings. The first-order chi connectivity index (χ1) is 25.7. The molecule has 4 atom stereocenters. The van der Waals surface area contributed by atoms with E-state index in [0.29, 0.717) is 42.4 Å². The molecule has 1 aliphatic carbocycles. The van der Waals surface area contributed by atoms with Gasteiger partial charge in [-0.25, -0.2) is 4.98 Å². The van der Waals surface area contributed by atoms with Crippen LogP contribution < -0.4 is 20.9 Å². The number of pyridine rings is 1. The number of nitrogens with zero attached hydrogens (tertiary/aromatic N) is 6. The van der Waals surface area contributed by atoms with Gasteiger partial charge >= 0.3 is 0 Å². The Morgan fingerprint density at radius 2 is 1.78 bits per heavy atom. The molecule has 3 saturated heterocycles. The van der Waals surface area contributed by atoms with Crippen LogP contribution in [0.5, 0.6) is 0 Å². The number of nitrogens with one attached hydrogen (secondary N) is 3. The quantitative estimate of drug-likeness (QED) is 0.184. The lowest BCUT2D eigenvalue weighted by Gasteiger charge is -2.44. The highest BCUT2D eigenvalue weighted by Gasteiger charge is 2.54. The molecule has 2 unspecified atom stereocenters. The summed E-state index contributed by atoms with van der Waals surface area (Å²) in [6, 6.07) is 11.1. The van der Waals surface area contributed by atoms with Crippen LogP contribution in [0.15, 0.2) is 36.5 Å². The van der Waals surface area contributed by atoms with Crippen LogP contribution in [0.3, 0.4) is 0 Å². The first-order valence-electron chi connectivity index (χ1n) is 19.1. The van der Waals surface area contributed by atoms with Gasteiger partial charge in [-0.05, 0) is 109 Å². The van der Waals surface area contributed by atoms with Gasteiger partial charge in [-0.3, -0.25) is 39.2 Å². The fourth-order valence-electron chi connectivity index (χ4n) is 8.82. The lowest BCUT2D eigenvalue weighted by Crippen LogP contribution is -2.58. The van der Waals surface area contributed by atoms with Gasteiger partial charge in [0.2, 0.25) is 23.6 Å². The highest BCUT2D eigenvalue weighted by molar-refractivity contribution is 7.81. The first kappa shape index (κ1) is 39.9. The van der Waals surface area contributed by atoms with Crippen LogP contribution in [0.4, 0.5) is 17.1 Å². The van der Waals surface area contributed by atoms with Gasteiger partial charge in [0.15, 0.2) is 5.69 Å². The average molecular weight is 778 g/mol. The van der Waals surface area contributed by atoms with Gasteiger partial charge in [-0.2, -0.15) is 5.26 Å². The van der Waals surface area contributed by atoms with Gasteiger partial charge in [0.1, 0.15) is 17.6 Å². The molecule has 0 bridgehead atoms. The third-order valence-electron chi connectivity index (χ3n) is 11.6. The Morgan fingerprint density at radius 3 is 2.44 bits per heavy atom. The van der Waals surface area contributed by atoms with Crippen molar-refractivity contribution in [3.8, 4) is 6.07 Å². The summed E-state index contributed by atoms with van der Waals surface area (Å²) >= 11 is 11.2. The van der Waals surface area contributed by atoms with Crippen LogP contribution >= 0.6 is 24.2 Å². The monoisotopic (exact) mass is 777 g/mol. The molecule has 1 saturated carbocycles. The molecule has 4 amide bonds. The van der Waals surface area contributed by atoms with E-state index >= 15 is 0 Å². The molecule has 290 valence electrons. The van der Waals surface area contributed by atoms with E-state index in [4.69, 9.17) is 24.2 Å². The number of piperazine rings is 1. The molecular weight excluding hydrogens is 726 g/mol. The number of benzene rings is 1. The van der Waals surface area contributed by atoms with Crippen LogP contribution in [0.2, 0.25) is 5.02 Å². The third kappa shape index (κ3) is 8.87. The van der Waals surface area contributed by atoms with Crippen molar-refractivity contribution in [2.75, 3.05) is 41.7 Å². The van der Waals surface area contributed by atoms with Gasteiger partial charge in [0.05, 0.1) is 29.0 Å². The minimum Gasteiger partial charge on any atom is -0.374 e. The molecule has 3 N–H and O–H groups in total. The van der Waals surface area contributed by atoms with Gasteiger partial charge < -0.3 is 15.5 Å². The first-order valence-corrected chi connectivity index (χ1v) is 20.0. The molecule has 3 aliphatic heterocycles. The Hall–Kier alpha value is -3.74. The van der Waals surface area contributed by atoms with E-state index in [0.717, 1.165) is 51.7 Å². The maximum Gasteiger partial charge on any atom is 0.249 e. The fraction of sp³-hybridized carbons (Fsp3) is 0.590. The van der Waals surface area contributed by atoms with Crippen LogP contribution in [0.25, 0.3) is 0 Å². The zero-order valence-corrected chi connectivity index (χ0v) is 33.2. The molecule has 13 nitrogen and oxygen atoms in total. The van der Waals surface area contributed by atoms with E-state index in [2.05, 4.69) is 49.5 Å². The average Bonchev–Trinajstić information content (AvgIpc) is 3.30. The molecule has 1 aromatic carbocycles. The maximum atomic E-state index is 13.6. The predicted molar refractivity (Wildman–Crippen MR) is 212 cm³/mol. The molecule has 1 aromatic heterocycles. The number of halogens is 1. The number of nitriles is 1. The fourth-order valence-corrected chi connectivity index (χ4v) is 9.74. The number of anilines is 3. The second kappa shape index (κ2) is 17.0. The van der Waals surface area contributed by atoms with E-state index in [1.165, 1.54) is 12.6 Å². The predicted octanol–water partition coefficient (Wildman–Crippen LogP) is 4.84. The highest BCUT2D eigenvalue weighted by atomic mass is 35.5. The summed E-state index contributed by atoms with van der Waals surface area (Å²) < 4.78 is 0. The molecule has 4 heterocycles. The molecule has 6 rings (SSSR count). The van der Waals surface area contributed by atoms with E-state index in [1.54, 1.807) is 11.0 Å². The molecule has 4 aliphatic rings. The summed E-state index contributed by atoms with van der Waals surface area (Å²) in [7, 11) is 0. The number of thiol groups is 1. The number of piperidine rings is 1. The summed E-state index contributed by atoms with van der Waals surface area (Å²) in [5.74, 6) is -0.0717. The van der Waals surface area contributed by atoms with Crippen LogP contribution in [0.1, 0.15) is 84.8 Å². The van der Waals surface area contributed by atoms with E-state index in [-0.39, 0.29) is 52.5 Å². The molecule has 54 heavy (non-hydrogen) atoms. The largest absolute Gasteiger partial charge is 0.374 e. The van der Waals surface area contributed by atoms with Crippen molar-refractivity contribution >= 4 is 64.9 Å². The van der Waals surface area contributed by atoms with Crippen LogP contribution in [0, 0.1) is 17.2 Å².